The zero-order valence-electron chi connectivity index (χ0n) is 18.5. The Kier molecular flexibility index (Phi) is 5.61. The number of aromatic nitrogens is 5. The van der Waals surface area contributed by atoms with Gasteiger partial charge in [-0.3, -0.25) is 9.69 Å². The molecule has 1 N–H and O–H groups in total. The first-order valence-corrected chi connectivity index (χ1v) is 11.8. The molecule has 1 saturated carbocycles. The van der Waals surface area contributed by atoms with Gasteiger partial charge in [-0.05, 0) is 90.7 Å². The van der Waals surface area contributed by atoms with Crippen molar-refractivity contribution in [1.29, 1.82) is 0 Å². The molecule has 0 spiro atoms. The maximum atomic E-state index is 13.3. The second-order valence-electron chi connectivity index (χ2n) is 9.37. The molecule has 2 aromatic heterocycles. The molecule has 1 atom stereocenters. The minimum atomic E-state index is -0.221. The van der Waals surface area contributed by atoms with Crippen molar-refractivity contribution < 1.29 is 0 Å². The molecular weight excluding hydrogens is 388 g/mol. The van der Waals surface area contributed by atoms with Crippen molar-refractivity contribution in [3.05, 3.63) is 51.6 Å². The van der Waals surface area contributed by atoms with Gasteiger partial charge in [0.25, 0.3) is 5.56 Å². The standard InChI is InChI=1S/C24H32N6O/c1-3-17-8-9-21-18(14-17)15-20(24(31)25-21)22(29-12-10-16(2)11-13-29)23-26-27-28-30(23)19-6-4-5-7-19/h8-9,14-16,19,22H,3-7,10-13H2,1-2H3,(H,25,31)/t22-/m1/s1. The molecule has 0 unspecified atom stereocenters. The van der Waals surface area contributed by atoms with Crippen LogP contribution in [-0.2, 0) is 6.42 Å². The number of pyridine rings is 1. The SMILES string of the molecule is CCc1ccc2[nH]c(=O)c([C@H](c3nnnn3C3CCCC3)N3CCC(C)CC3)cc2c1. The van der Waals surface area contributed by atoms with Crippen LogP contribution in [0.4, 0.5) is 0 Å². The van der Waals surface area contributed by atoms with Crippen molar-refractivity contribution in [2.75, 3.05) is 13.1 Å². The van der Waals surface area contributed by atoms with E-state index in [9.17, 15) is 4.79 Å². The Morgan fingerprint density at radius 3 is 2.65 bits per heavy atom. The van der Waals surface area contributed by atoms with Crippen LogP contribution in [0.1, 0.15) is 81.4 Å². The Balaban J connectivity index is 1.63. The van der Waals surface area contributed by atoms with Gasteiger partial charge in [0.1, 0.15) is 6.04 Å². The number of nitrogens with zero attached hydrogens (tertiary/aromatic N) is 5. The molecule has 2 fully saturated rings. The summed E-state index contributed by atoms with van der Waals surface area (Å²) < 4.78 is 2.02. The van der Waals surface area contributed by atoms with Crippen molar-refractivity contribution in [2.45, 2.75) is 70.9 Å². The van der Waals surface area contributed by atoms with Crippen molar-refractivity contribution in [1.82, 2.24) is 30.1 Å². The van der Waals surface area contributed by atoms with Gasteiger partial charge in [-0.2, -0.15) is 0 Å². The zero-order chi connectivity index (χ0) is 21.4. The lowest BCUT2D eigenvalue weighted by Crippen LogP contribution is -2.40. The normalized spacial score (nSPS) is 19.9. The molecule has 5 rings (SSSR count). The number of hydrogen-bond acceptors (Lipinski definition) is 5. The van der Waals surface area contributed by atoms with E-state index in [0.717, 1.165) is 67.5 Å². The highest BCUT2D eigenvalue weighted by Crippen LogP contribution is 2.35. The summed E-state index contributed by atoms with van der Waals surface area (Å²) in [6.45, 7) is 6.37. The van der Waals surface area contributed by atoms with E-state index in [1.807, 2.05) is 10.7 Å². The number of piperidine rings is 1. The molecule has 164 valence electrons. The highest BCUT2D eigenvalue weighted by molar-refractivity contribution is 5.80. The van der Waals surface area contributed by atoms with E-state index < -0.39 is 0 Å². The van der Waals surface area contributed by atoms with Crippen molar-refractivity contribution in [3.63, 3.8) is 0 Å². The lowest BCUT2D eigenvalue weighted by Gasteiger charge is -2.36. The molecular formula is C24H32N6O. The van der Waals surface area contributed by atoms with Gasteiger partial charge in [-0.15, -0.1) is 5.10 Å². The predicted molar refractivity (Wildman–Crippen MR) is 121 cm³/mol. The second kappa shape index (κ2) is 8.54. The Morgan fingerprint density at radius 2 is 1.90 bits per heavy atom. The van der Waals surface area contributed by atoms with Gasteiger partial charge in [0.15, 0.2) is 5.82 Å². The van der Waals surface area contributed by atoms with Crippen LogP contribution >= 0.6 is 0 Å². The van der Waals surface area contributed by atoms with E-state index in [-0.39, 0.29) is 11.6 Å². The number of fused-ring (bicyclic) bond motifs is 1. The van der Waals surface area contributed by atoms with Gasteiger partial charge in [0, 0.05) is 11.1 Å². The van der Waals surface area contributed by atoms with E-state index in [4.69, 9.17) is 0 Å². The number of hydrogen-bond donors (Lipinski definition) is 1. The third-order valence-corrected chi connectivity index (χ3v) is 7.26. The monoisotopic (exact) mass is 420 g/mol. The number of aromatic amines is 1. The summed E-state index contributed by atoms with van der Waals surface area (Å²) in [6.07, 6.45) is 7.88. The molecule has 7 heteroatoms. The lowest BCUT2D eigenvalue weighted by atomic mass is 9.95. The van der Waals surface area contributed by atoms with Gasteiger partial charge in [-0.25, -0.2) is 4.68 Å². The van der Waals surface area contributed by atoms with Gasteiger partial charge < -0.3 is 4.98 Å². The smallest absolute Gasteiger partial charge is 0.253 e. The Hall–Kier alpha value is -2.54. The molecule has 7 nitrogen and oxygen atoms in total. The third-order valence-electron chi connectivity index (χ3n) is 7.26. The Labute approximate surface area is 182 Å². The quantitative estimate of drug-likeness (QED) is 0.674. The molecule has 0 amide bonds. The van der Waals surface area contributed by atoms with Crippen LogP contribution in [0.2, 0.25) is 0 Å². The third kappa shape index (κ3) is 3.91. The van der Waals surface area contributed by atoms with Crippen molar-refractivity contribution in [3.8, 4) is 0 Å². The van der Waals surface area contributed by atoms with E-state index in [2.05, 4.69) is 57.5 Å². The predicted octanol–water partition coefficient (Wildman–Crippen LogP) is 4.01. The largest absolute Gasteiger partial charge is 0.322 e. The van der Waals surface area contributed by atoms with Gasteiger partial charge >= 0.3 is 0 Å². The first-order valence-electron chi connectivity index (χ1n) is 11.8. The average Bonchev–Trinajstić information content (AvgIpc) is 3.47. The minimum absolute atomic E-state index is 0.0404. The molecule has 0 radical (unpaired) electrons. The van der Waals surface area contributed by atoms with Crippen LogP contribution in [0.5, 0.6) is 0 Å². The number of likely N-dealkylation sites (tertiary alicyclic amines) is 1. The number of tetrazole rings is 1. The first-order chi connectivity index (χ1) is 15.1. The minimum Gasteiger partial charge on any atom is -0.322 e. The fourth-order valence-electron chi connectivity index (χ4n) is 5.27. The maximum absolute atomic E-state index is 13.3. The van der Waals surface area contributed by atoms with E-state index >= 15 is 0 Å². The first kappa shape index (κ1) is 20.4. The number of nitrogens with one attached hydrogen (secondary N) is 1. The summed E-state index contributed by atoms with van der Waals surface area (Å²) in [6, 6.07) is 8.47. The highest BCUT2D eigenvalue weighted by Gasteiger charge is 2.34. The van der Waals surface area contributed by atoms with Gasteiger partial charge in [0.2, 0.25) is 0 Å². The lowest BCUT2D eigenvalue weighted by molar-refractivity contribution is 0.147. The number of benzene rings is 1. The van der Waals surface area contributed by atoms with E-state index in [0.29, 0.717) is 12.0 Å². The topological polar surface area (TPSA) is 79.7 Å². The van der Waals surface area contributed by atoms with Crippen LogP contribution < -0.4 is 5.56 Å². The van der Waals surface area contributed by atoms with Crippen LogP contribution in [0.25, 0.3) is 10.9 Å². The molecule has 2 aliphatic rings. The van der Waals surface area contributed by atoms with Crippen LogP contribution in [0.3, 0.4) is 0 Å². The molecule has 1 aliphatic heterocycles. The van der Waals surface area contributed by atoms with Crippen LogP contribution in [-0.4, -0.2) is 43.2 Å². The summed E-state index contributed by atoms with van der Waals surface area (Å²) in [5.41, 5.74) is 2.86. The molecule has 3 aromatic rings. The van der Waals surface area contributed by atoms with Gasteiger partial charge in [-0.1, -0.05) is 32.8 Å². The van der Waals surface area contributed by atoms with Crippen molar-refractivity contribution in [2.24, 2.45) is 5.92 Å². The Bertz CT molecular complexity index is 1100. The van der Waals surface area contributed by atoms with E-state index in [1.165, 1.54) is 18.4 Å². The van der Waals surface area contributed by atoms with Crippen molar-refractivity contribution >= 4 is 10.9 Å². The summed E-state index contributed by atoms with van der Waals surface area (Å²) in [5, 5.41) is 14.0. The summed E-state index contributed by atoms with van der Waals surface area (Å²) in [5.74, 6) is 1.53. The fourth-order valence-corrected chi connectivity index (χ4v) is 5.27. The zero-order valence-corrected chi connectivity index (χ0v) is 18.5. The maximum Gasteiger partial charge on any atom is 0.253 e. The fraction of sp³-hybridized carbons (Fsp3) is 0.583. The van der Waals surface area contributed by atoms with Crippen LogP contribution in [0, 0.1) is 5.92 Å². The van der Waals surface area contributed by atoms with Crippen LogP contribution in [0.15, 0.2) is 29.1 Å². The summed E-state index contributed by atoms with van der Waals surface area (Å²) in [4.78, 5) is 18.8. The number of H-pyrrole nitrogens is 1. The van der Waals surface area contributed by atoms with E-state index in [1.54, 1.807) is 0 Å². The number of rotatable bonds is 5. The van der Waals surface area contributed by atoms with Gasteiger partial charge in [0.05, 0.1) is 6.04 Å². The summed E-state index contributed by atoms with van der Waals surface area (Å²) >= 11 is 0. The molecule has 1 saturated heterocycles. The second-order valence-corrected chi connectivity index (χ2v) is 9.37. The number of aryl methyl sites for hydroxylation is 1. The molecule has 1 aromatic carbocycles. The average molecular weight is 421 g/mol. The molecule has 0 bridgehead atoms. The molecule has 31 heavy (non-hydrogen) atoms. The molecule has 3 heterocycles. The Morgan fingerprint density at radius 1 is 1.13 bits per heavy atom. The summed E-state index contributed by atoms with van der Waals surface area (Å²) in [7, 11) is 0. The molecule has 1 aliphatic carbocycles. The highest BCUT2D eigenvalue weighted by atomic mass is 16.1.